The smallest absolute Gasteiger partial charge is 0.296 e. The number of methoxy groups -OCH3 is 2. The van der Waals surface area contributed by atoms with E-state index in [9.17, 15) is 14.7 Å². The summed E-state index contributed by atoms with van der Waals surface area (Å²) in [6.45, 7) is 4.82. The maximum absolute atomic E-state index is 13.3. The fourth-order valence-electron chi connectivity index (χ4n) is 4.24. The molecule has 1 fully saturated rings. The monoisotopic (exact) mass is 505 g/mol. The number of carbonyl (C=O) groups excluding carboxylic acids is 2. The first kappa shape index (κ1) is 25.9. The van der Waals surface area contributed by atoms with Crippen molar-refractivity contribution in [3.05, 3.63) is 83.3 Å². The van der Waals surface area contributed by atoms with Crippen molar-refractivity contribution in [1.29, 1.82) is 0 Å². The summed E-state index contributed by atoms with van der Waals surface area (Å²) in [5.41, 5.74) is 0.966. The average molecular weight is 506 g/mol. The topological polar surface area (TPSA) is 98.4 Å². The van der Waals surface area contributed by atoms with Gasteiger partial charge in [-0.1, -0.05) is 19.9 Å². The number of hydrogen-bond donors (Lipinski definition) is 1. The van der Waals surface area contributed by atoms with Crippen LogP contribution in [0.2, 0.25) is 0 Å². The fraction of sp³-hybridized carbons (Fsp3) is 0.310. The van der Waals surface area contributed by atoms with Crippen LogP contribution in [0.1, 0.15) is 43.2 Å². The summed E-state index contributed by atoms with van der Waals surface area (Å²) in [7, 11) is 3.07. The minimum absolute atomic E-state index is 0.0164. The Morgan fingerprint density at radius 3 is 2.41 bits per heavy atom. The number of benzene rings is 2. The molecule has 0 saturated carbocycles. The maximum atomic E-state index is 13.3. The standard InChI is InChI=1S/C29H31NO7/c1-18(2)13-15-37-23-12-9-20(16-24(23)35-4)26-25(27(31)19-7-10-21(34-3)11-8-19)28(32)29(33)30(26)17-22-6-5-14-36-22/h5-12,14,16,18,26,31H,13,15,17H2,1-4H3/b27-25+. The molecule has 0 radical (unpaired) electrons. The highest BCUT2D eigenvalue weighted by molar-refractivity contribution is 6.46. The van der Waals surface area contributed by atoms with Crippen LogP contribution in [-0.4, -0.2) is 42.5 Å². The first-order chi connectivity index (χ1) is 17.8. The first-order valence-electron chi connectivity index (χ1n) is 12.1. The van der Waals surface area contributed by atoms with Crippen LogP contribution in [-0.2, 0) is 16.1 Å². The van der Waals surface area contributed by atoms with Crippen LogP contribution in [0.5, 0.6) is 17.2 Å². The van der Waals surface area contributed by atoms with E-state index in [1.54, 1.807) is 61.7 Å². The van der Waals surface area contributed by atoms with Gasteiger partial charge in [-0.3, -0.25) is 9.59 Å². The number of likely N-dealkylation sites (tertiary alicyclic amines) is 1. The summed E-state index contributed by atoms with van der Waals surface area (Å²) in [5, 5.41) is 11.3. The summed E-state index contributed by atoms with van der Waals surface area (Å²) in [4.78, 5) is 27.9. The molecular formula is C29H31NO7. The lowest BCUT2D eigenvalue weighted by molar-refractivity contribution is -0.140. The van der Waals surface area contributed by atoms with Crippen molar-refractivity contribution in [3.63, 3.8) is 0 Å². The lowest BCUT2D eigenvalue weighted by Gasteiger charge is -2.25. The molecule has 8 nitrogen and oxygen atoms in total. The van der Waals surface area contributed by atoms with Crippen molar-refractivity contribution in [2.75, 3.05) is 20.8 Å². The summed E-state index contributed by atoms with van der Waals surface area (Å²) in [5.74, 6) is 0.850. The van der Waals surface area contributed by atoms with Gasteiger partial charge in [0.1, 0.15) is 17.3 Å². The van der Waals surface area contributed by atoms with E-state index in [1.807, 2.05) is 0 Å². The van der Waals surface area contributed by atoms with E-state index in [2.05, 4.69) is 13.8 Å². The van der Waals surface area contributed by atoms with E-state index in [-0.39, 0.29) is 17.9 Å². The van der Waals surface area contributed by atoms with Crippen LogP contribution in [0.25, 0.3) is 5.76 Å². The van der Waals surface area contributed by atoms with E-state index >= 15 is 0 Å². The van der Waals surface area contributed by atoms with Crippen molar-refractivity contribution >= 4 is 17.4 Å². The molecule has 0 bridgehead atoms. The Morgan fingerprint density at radius 2 is 1.78 bits per heavy atom. The Morgan fingerprint density at radius 1 is 1.03 bits per heavy atom. The normalized spacial score (nSPS) is 16.9. The molecule has 1 aliphatic heterocycles. The van der Waals surface area contributed by atoms with Crippen LogP contribution in [0.3, 0.4) is 0 Å². The molecule has 4 rings (SSSR count). The van der Waals surface area contributed by atoms with E-state index < -0.39 is 17.7 Å². The highest BCUT2D eigenvalue weighted by atomic mass is 16.5. The maximum Gasteiger partial charge on any atom is 0.296 e. The Bertz CT molecular complexity index is 1280. The van der Waals surface area contributed by atoms with Gasteiger partial charge in [0.15, 0.2) is 11.5 Å². The number of ketones is 1. The van der Waals surface area contributed by atoms with Gasteiger partial charge in [-0.05, 0) is 66.4 Å². The van der Waals surface area contributed by atoms with E-state index in [0.29, 0.717) is 46.7 Å². The molecule has 0 aliphatic carbocycles. The molecule has 1 amide bonds. The number of furan rings is 1. The Labute approximate surface area is 216 Å². The average Bonchev–Trinajstić information content (AvgIpc) is 3.50. The molecule has 1 atom stereocenters. The van der Waals surface area contributed by atoms with Crippen molar-refractivity contribution in [2.24, 2.45) is 5.92 Å². The molecule has 0 spiro atoms. The molecule has 1 aromatic heterocycles. The summed E-state index contributed by atoms with van der Waals surface area (Å²) < 4.78 is 22.1. The minimum atomic E-state index is -0.870. The molecule has 37 heavy (non-hydrogen) atoms. The van der Waals surface area contributed by atoms with Crippen molar-refractivity contribution in [1.82, 2.24) is 4.90 Å². The number of rotatable bonds is 10. The van der Waals surface area contributed by atoms with Crippen LogP contribution in [0.15, 0.2) is 70.9 Å². The number of aliphatic hydroxyl groups excluding tert-OH is 1. The number of amides is 1. The number of Topliss-reactive ketones (excluding diaryl/α,β-unsaturated/α-hetero) is 1. The van der Waals surface area contributed by atoms with Crippen LogP contribution in [0, 0.1) is 5.92 Å². The first-order valence-corrected chi connectivity index (χ1v) is 12.1. The van der Waals surface area contributed by atoms with Crippen molar-refractivity contribution < 1.29 is 33.3 Å². The zero-order chi connectivity index (χ0) is 26.5. The summed E-state index contributed by atoms with van der Waals surface area (Å²) in [6.07, 6.45) is 2.39. The number of aliphatic hydroxyl groups is 1. The molecule has 3 aromatic rings. The largest absolute Gasteiger partial charge is 0.507 e. The number of carbonyl (C=O) groups is 2. The SMILES string of the molecule is COc1ccc(/C(O)=C2\C(=O)C(=O)N(Cc3ccco3)C2c2ccc(OCCC(C)C)c(OC)c2)cc1. The molecule has 1 N–H and O–H groups in total. The Balaban J connectivity index is 1.79. The van der Waals surface area contributed by atoms with Gasteiger partial charge in [-0.25, -0.2) is 0 Å². The quantitative estimate of drug-likeness (QED) is 0.225. The lowest BCUT2D eigenvalue weighted by atomic mass is 9.95. The highest BCUT2D eigenvalue weighted by Gasteiger charge is 2.46. The molecule has 2 aromatic carbocycles. The third kappa shape index (κ3) is 5.48. The van der Waals surface area contributed by atoms with Crippen LogP contribution in [0.4, 0.5) is 0 Å². The second kappa shape index (κ2) is 11.2. The molecule has 8 heteroatoms. The Kier molecular flexibility index (Phi) is 7.86. The van der Waals surface area contributed by atoms with Gasteiger partial charge in [0, 0.05) is 5.56 Å². The predicted molar refractivity (Wildman–Crippen MR) is 137 cm³/mol. The third-order valence-corrected chi connectivity index (χ3v) is 6.27. The molecule has 1 saturated heterocycles. The minimum Gasteiger partial charge on any atom is -0.507 e. The molecule has 1 unspecified atom stereocenters. The summed E-state index contributed by atoms with van der Waals surface area (Å²) >= 11 is 0. The summed E-state index contributed by atoms with van der Waals surface area (Å²) in [6, 6.07) is 14.5. The second-order valence-electron chi connectivity index (χ2n) is 9.18. The van der Waals surface area contributed by atoms with E-state index in [4.69, 9.17) is 18.6 Å². The molecular weight excluding hydrogens is 474 g/mol. The lowest BCUT2D eigenvalue weighted by Crippen LogP contribution is -2.29. The second-order valence-corrected chi connectivity index (χ2v) is 9.18. The number of ether oxygens (including phenoxy) is 3. The van der Waals surface area contributed by atoms with Gasteiger partial charge < -0.3 is 28.6 Å². The van der Waals surface area contributed by atoms with Gasteiger partial charge in [-0.15, -0.1) is 0 Å². The predicted octanol–water partition coefficient (Wildman–Crippen LogP) is 5.34. The Hall–Kier alpha value is -4.20. The number of hydrogen-bond acceptors (Lipinski definition) is 7. The van der Waals surface area contributed by atoms with Gasteiger partial charge in [0.2, 0.25) is 0 Å². The van der Waals surface area contributed by atoms with Crippen LogP contribution < -0.4 is 14.2 Å². The van der Waals surface area contributed by atoms with Gasteiger partial charge in [0.05, 0.1) is 45.2 Å². The zero-order valence-electron chi connectivity index (χ0n) is 21.4. The van der Waals surface area contributed by atoms with Crippen molar-refractivity contribution in [3.8, 4) is 17.2 Å². The fourth-order valence-corrected chi connectivity index (χ4v) is 4.24. The molecule has 194 valence electrons. The zero-order valence-corrected chi connectivity index (χ0v) is 21.4. The van der Waals surface area contributed by atoms with Gasteiger partial charge >= 0.3 is 0 Å². The van der Waals surface area contributed by atoms with Gasteiger partial charge in [-0.2, -0.15) is 0 Å². The third-order valence-electron chi connectivity index (χ3n) is 6.27. The van der Waals surface area contributed by atoms with Crippen molar-refractivity contribution in [2.45, 2.75) is 32.9 Å². The van der Waals surface area contributed by atoms with E-state index in [1.165, 1.54) is 18.3 Å². The van der Waals surface area contributed by atoms with Crippen LogP contribution >= 0.6 is 0 Å². The molecule has 1 aliphatic rings. The van der Waals surface area contributed by atoms with Gasteiger partial charge in [0.25, 0.3) is 11.7 Å². The van der Waals surface area contributed by atoms with E-state index in [0.717, 1.165) is 6.42 Å². The number of nitrogens with zero attached hydrogens (tertiary/aromatic N) is 1. The highest BCUT2D eigenvalue weighted by Crippen LogP contribution is 2.43. The molecule has 2 heterocycles.